The number of hydrogen-bond acceptors (Lipinski definition) is 1. The van der Waals surface area contributed by atoms with Crippen molar-refractivity contribution in [1.82, 2.24) is 5.32 Å². The average molecular weight is 303 g/mol. The van der Waals surface area contributed by atoms with E-state index >= 15 is 0 Å². The van der Waals surface area contributed by atoms with Crippen LogP contribution >= 0.6 is 27.5 Å². The fourth-order valence-electron chi connectivity index (χ4n) is 1.57. The second-order valence-electron chi connectivity index (χ2n) is 3.90. The largest absolute Gasteiger partial charge is 0.307 e. The zero-order chi connectivity index (χ0) is 12.1. The Hall–Kier alpha value is -0.310. The number of nitrogens with one attached hydrogen (secondary N) is 1. The fraction of sp³-hybridized carbons (Fsp3) is 0.385. The summed E-state index contributed by atoms with van der Waals surface area (Å²) in [6.45, 7) is 9.17. The molecule has 1 aromatic rings. The molecule has 0 aromatic heterocycles. The van der Waals surface area contributed by atoms with E-state index in [1.165, 1.54) is 0 Å². The van der Waals surface area contributed by atoms with Crippen LogP contribution in [0.2, 0.25) is 5.02 Å². The van der Waals surface area contributed by atoms with E-state index in [2.05, 4.69) is 34.7 Å². The van der Waals surface area contributed by atoms with Crippen molar-refractivity contribution < 1.29 is 0 Å². The molecule has 0 aliphatic rings. The molecule has 0 aliphatic carbocycles. The quantitative estimate of drug-likeness (QED) is 0.776. The van der Waals surface area contributed by atoms with Crippen LogP contribution in [0.25, 0.3) is 0 Å². The molecule has 1 atom stereocenters. The van der Waals surface area contributed by atoms with Gasteiger partial charge in [0, 0.05) is 9.50 Å². The summed E-state index contributed by atoms with van der Waals surface area (Å²) in [7, 11) is 0. The first-order chi connectivity index (χ1) is 7.56. The molecule has 0 saturated heterocycles. The third kappa shape index (κ3) is 3.62. The van der Waals surface area contributed by atoms with Crippen LogP contribution in [0.4, 0.5) is 0 Å². The summed E-state index contributed by atoms with van der Waals surface area (Å²) in [6.07, 6.45) is 1.10. The van der Waals surface area contributed by atoms with Gasteiger partial charge < -0.3 is 5.32 Å². The predicted molar refractivity (Wildman–Crippen MR) is 75.0 cm³/mol. The van der Waals surface area contributed by atoms with E-state index in [0.29, 0.717) is 0 Å². The molecule has 0 amide bonds. The van der Waals surface area contributed by atoms with E-state index in [1.807, 2.05) is 25.1 Å². The smallest absolute Gasteiger partial charge is 0.0542 e. The molecule has 0 aliphatic heterocycles. The molecule has 1 unspecified atom stereocenters. The Bertz CT molecular complexity index is 376. The fourth-order valence-corrected chi connectivity index (χ4v) is 2.23. The van der Waals surface area contributed by atoms with Gasteiger partial charge in [-0.05, 0) is 43.7 Å². The van der Waals surface area contributed by atoms with Crippen molar-refractivity contribution >= 4 is 27.5 Å². The molecule has 16 heavy (non-hydrogen) atoms. The molecule has 0 saturated carbocycles. The van der Waals surface area contributed by atoms with E-state index < -0.39 is 0 Å². The molecular weight excluding hydrogens is 286 g/mol. The molecule has 1 aromatic carbocycles. The number of benzene rings is 1. The Kier molecular flexibility index (Phi) is 5.53. The second-order valence-corrected chi connectivity index (χ2v) is 5.19. The van der Waals surface area contributed by atoms with Gasteiger partial charge in [0.15, 0.2) is 0 Å². The van der Waals surface area contributed by atoms with Crippen LogP contribution < -0.4 is 5.32 Å². The normalized spacial score (nSPS) is 12.5. The van der Waals surface area contributed by atoms with Crippen molar-refractivity contribution in [3.05, 3.63) is 45.4 Å². The summed E-state index contributed by atoms with van der Waals surface area (Å²) in [5.74, 6) is 0. The Balaban J connectivity index is 3.00. The van der Waals surface area contributed by atoms with Crippen LogP contribution in [0.5, 0.6) is 0 Å². The lowest BCUT2D eigenvalue weighted by Gasteiger charge is -2.20. The van der Waals surface area contributed by atoms with Crippen molar-refractivity contribution in [2.75, 3.05) is 6.54 Å². The highest BCUT2D eigenvalue weighted by Gasteiger charge is 2.14. The molecular formula is C13H17BrClN. The maximum absolute atomic E-state index is 6.02. The van der Waals surface area contributed by atoms with E-state index in [4.69, 9.17) is 11.6 Å². The van der Waals surface area contributed by atoms with E-state index in [9.17, 15) is 0 Å². The molecule has 3 heteroatoms. The van der Waals surface area contributed by atoms with Crippen LogP contribution in [-0.4, -0.2) is 6.54 Å². The monoisotopic (exact) mass is 301 g/mol. The molecule has 0 bridgehead atoms. The van der Waals surface area contributed by atoms with E-state index in [0.717, 1.165) is 33.6 Å². The third-order valence-corrected chi connectivity index (χ3v) is 3.32. The van der Waals surface area contributed by atoms with Crippen LogP contribution in [0.1, 0.15) is 31.9 Å². The van der Waals surface area contributed by atoms with Crippen molar-refractivity contribution in [1.29, 1.82) is 0 Å². The molecule has 88 valence electrons. The second kappa shape index (κ2) is 6.43. The first kappa shape index (κ1) is 13.8. The first-order valence-electron chi connectivity index (χ1n) is 5.40. The molecule has 1 N–H and O–H groups in total. The number of rotatable bonds is 5. The topological polar surface area (TPSA) is 12.0 Å². The maximum atomic E-state index is 6.02. The SMILES string of the molecule is C=C(C)C(NCCC)c1cc(Cl)ccc1Br. The van der Waals surface area contributed by atoms with Crippen LogP contribution in [0.15, 0.2) is 34.8 Å². The van der Waals surface area contributed by atoms with Gasteiger partial charge in [-0.15, -0.1) is 0 Å². The summed E-state index contributed by atoms with van der Waals surface area (Å²) in [4.78, 5) is 0. The van der Waals surface area contributed by atoms with Gasteiger partial charge in [0.2, 0.25) is 0 Å². The first-order valence-corrected chi connectivity index (χ1v) is 6.57. The summed E-state index contributed by atoms with van der Waals surface area (Å²) < 4.78 is 1.06. The molecule has 0 fully saturated rings. The molecule has 1 rings (SSSR count). The van der Waals surface area contributed by atoms with Gasteiger partial charge >= 0.3 is 0 Å². The summed E-state index contributed by atoms with van der Waals surface area (Å²) in [5.41, 5.74) is 2.24. The predicted octanol–water partition coefficient (Wildman–Crippen LogP) is 4.72. The van der Waals surface area contributed by atoms with E-state index in [-0.39, 0.29) is 6.04 Å². The van der Waals surface area contributed by atoms with Gasteiger partial charge in [-0.1, -0.05) is 46.6 Å². The highest BCUT2D eigenvalue weighted by Crippen LogP contribution is 2.30. The highest BCUT2D eigenvalue weighted by atomic mass is 79.9. The Labute approximate surface area is 111 Å². The maximum Gasteiger partial charge on any atom is 0.0542 e. The zero-order valence-electron chi connectivity index (χ0n) is 9.69. The van der Waals surface area contributed by atoms with Gasteiger partial charge in [0.25, 0.3) is 0 Å². The Morgan fingerprint density at radius 1 is 1.56 bits per heavy atom. The molecule has 0 spiro atoms. The van der Waals surface area contributed by atoms with Gasteiger partial charge in [-0.3, -0.25) is 0 Å². The minimum Gasteiger partial charge on any atom is -0.307 e. The number of halogens is 2. The minimum atomic E-state index is 0.160. The van der Waals surface area contributed by atoms with Crippen LogP contribution in [0, 0.1) is 0 Å². The van der Waals surface area contributed by atoms with Gasteiger partial charge in [0.1, 0.15) is 0 Å². The number of hydrogen-bond donors (Lipinski definition) is 1. The van der Waals surface area contributed by atoms with Gasteiger partial charge in [0.05, 0.1) is 6.04 Å². The van der Waals surface area contributed by atoms with Crippen LogP contribution in [-0.2, 0) is 0 Å². The van der Waals surface area contributed by atoms with Crippen LogP contribution in [0.3, 0.4) is 0 Å². The van der Waals surface area contributed by atoms with Crippen molar-refractivity contribution in [3.63, 3.8) is 0 Å². The molecule has 1 nitrogen and oxygen atoms in total. The summed E-state index contributed by atoms with van der Waals surface area (Å²) in [5, 5.41) is 4.22. The lowest BCUT2D eigenvalue weighted by atomic mass is 10.0. The van der Waals surface area contributed by atoms with Crippen molar-refractivity contribution in [3.8, 4) is 0 Å². The minimum absolute atomic E-state index is 0.160. The standard InChI is InChI=1S/C13H17BrClN/c1-4-7-16-13(9(2)3)11-8-10(15)5-6-12(11)14/h5-6,8,13,16H,2,4,7H2,1,3H3. The molecule has 0 heterocycles. The summed E-state index contributed by atoms with van der Waals surface area (Å²) >= 11 is 9.57. The van der Waals surface area contributed by atoms with Crippen molar-refractivity contribution in [2.24, 2.45) is 0 Å². The van der Waals surface area contributed by atoms with Gasteiger partial charge in [-0.2, -0.15) is 0 Å². The zero-order valence-corrected chi connectivity index (χ0v) is 12.0. The highest BCUT2D eigenvalue weighted by molar-refractivity contribution is 9.10. The van der Waals surface area contributed by atoms with Gasteiger partial charge in [-0.25, -0.2) is 0 Å². The lowest BCUT2D eigenvalue weighted by molar-refractivity contribution is 0.589. The lowest BCUT2D eigenvalue weighted by Crippen LogP contribution is -2.23. The van der Waals surface area contributed by atoms with E-state index in [1.54, 1.807) is 0 Å². The molecule has 0 radical (unpaired) electrons. The Morgan fingerprint density at radius 2 is 2.25 bits per heavy atom. The average Bonchev–Trinajstić information content (AvgIpc) is 2.23. The summed E-state index contributed by atoms with van der Waals surface area (Å²) in [6, 6.07) is 5.99. The third-order valence-electron chi connectivity index (χ3n) is 2.36. The Morgan fingerprint density at radius 3 is 2.81 bits per heavy atom. The van der Waals surface area contributed by atoms with Crippen molar-refractivity contribution in [2.45, 2.75) is 26.3 Å².